The molecule has 110 valence electrons. The standard InChI is InChI=1S/C14H12BrCl2N3O/c1-6-3-7(2)20-14(12(6)13(18)19)21-11-5-9(16)8(15)4-10(11)17/h3-5H,1-2H3,(H3,18,19). The Bertz CT molecular complexity index is 735. The highest BCUT2D eigenvalue weighted by atomic mass is 79.9. The van der Waals surface area contributed by atoms with Gasteiger partial charge in [-0.25, -0.2) is 4.98 Å². The van der Waals surface area contributed by atoms with Crippen LogP contribution in [0.2, 0.25) is 10.0 Å². The van der Waals surface area contributed by atoms with Gasteiger partial charge in [-0.2, -0.15) is 0 Å². The molecule has 2 aromatic rings. The molecule has 0 spiro atoms. The first kappa shape index (κ1) is 16.1. The predicted octanol–water partition coefficient (Wildman–Crippen LogP) is 4.84. The number of nitrogens with zero attached hydrogens (tertiary/aromatic N) is 1. The van der Waals surface area contributed by atoms with E-state index in [1.807, 2.05) is 19.9 Å². The lowest BCUT2D eigenvalue weighted by atomic mass is 10.1. The van der Waals surface area contributed by atoms with Gasteiger partial charge in [-0.05, 0) is 47.5 Å². The predicted molar refractivity (Wildman–Crippen MR) is 89.0 cm³/mol. The lowest BCUT2D eigenvalue weighted by Gasteiger charge is -2.14. The van der Waals surface area contributed by atoms with Crippen LogP contribution in [0.3, 0.4) is 0 Å². The van der Waals surface area contributed by atoms with Crippen molar-refractivity contribution in [2.24, 2.45) is 5.73 Å². The second-order valence-corrected chi connectivity index (χ2v) is 6.14. The monoisotopic (exact) mass is 387 g/mol. The molecule has 0 aliphatic rings. The number of ether oxygens (including phenoxy) is 1. The largest absolute Gasteiger partial charge is 0.437 e. The molecular formula is C14H12BrCl2N3O. The zero-order chi connectivity index (χ0) is 15.7. The van der Waals surface area contributed by atoms with Crippen LogP contribution in [0.5, 0.6) is 11.6 Å². The highest BCUT2D eigenvalue weighted by Gasteiger charge is 2.16. The third kappa shape index (κ3) is 3.48. The minimum atomic E-state index is -0.116. The van der Waals surface area contributed by atoms with E-state index in [4.69, 9.17) is 39.1 Å². The maximum absolute atomic E-state index is 7.67. The number of hydrogen-bond donors (Lipinski definition) is 2. The molecule has 0 bridgehead atoms. The van der Waals surface area contributed by atoms with Crippen molar-refractivity contribution >= 4 is 45.0 Å². The number of hydrogen-bond acceptors (Lipinski definition) is 3. The fourth-order valence-corrected chi connectivity index (χ4v) is 2.72. The molecule has 7 heteroatoms. The Hall–Kier alpha value is -1.30. The number of rotatable bonds is 3. The van der Waals surface area contributed by atoms with Crippen molar-refractivity contribution < 1.29 is 4.74 Å². The Morgan fingerprint density at radius 1 is 1.24 bits per heavy atom. The zero-order valence-corrected chi connectivity index (χ0v) is 14.4. The summed E-state index contributed by atoms with van der Waals surface area (Å²) in [5.74, 6) is 0.472. The third-order valence-electron chi connectivity index (χ3n) is 2.76. The lowest BCUT2D eigenvalue weighted by Crippen LogP contribution is -2.15. The summed E-state index contributed by atoms with van der Waals surface area (Å²) in [5.41, 5.74) is 7.61. The molecule has 0 aliphatic heterocycles. The van der Waals surface area contributed by atoms with Gasteiger partial charge < -0.3 is 10.5 Å². The van der Waals surface area contributed by atoms with Gasteiger partial charge in [0, 0.05) is 16.2 Å². The van der Waals surface area contributed by atoms with Crippen LogP contribution in [0.15, 0.2) is 22.7 Å². The van der Waals surface area contributed by atoms with Gasteiger partial charge in [-0.15, -0.1) is 0 Å². The maximum Gasteiger partial charge on any atom is 0.230 e. The van der Waals surface area contributed by atoms with E-state index in [1.54, 1.807) is 12.1 Å². The van der Waals surface area contributed by atoms with Gasteiger partial charge in [-0.3, -0.25) is 5.41 Å². The fourth-order valence-electron chi connectivity index (χ4n) is 1.89. The van der Waals surface area contributed by atoms with Crippen LogP contribution < -0.4 is 10.5 Å². The normalized spacial score (nSPS) is 10.5. The molecule has 0 radical (unpaired) electrons. The van der Waals surface area contributed by atoms with Crippen LogP contribution >= 0.6 is 39.1 Å². The van der Waals surface area contributed by atoms with Gasteiger partial charge >= 0.3 is 0 Å². The average Bonchev–Trinajstić information content (AvgIpc) is 2.34. The Balaban J connectivity index is 2.54. The van der Waals surface area contributed by atoms with Crippen LogP contribution in [0.25, 0.3) is 0 Å². The van der Waals surface area contributed by atoms with E-state index in [2.05, 4.69) is 20.9 Å². The Morgan fingerprint density at radius 3 is 2.52 bits per heavy atom. The number of aromatic nitrogens is 1. The second-order valence-electron chi connectivity index (χ2n) is 4.47. The molecule has 1 heterocycles. The topological polar surface area (TPSA) is 72.0 Å². The van der Waals surface area contributed by atoms with Gasteiger partial charge in [0.15, 0.2) is 0 Å². The van der Waals surface area contributed by atoms with Crippen molar-refractivity contribution in [2.45, 2.75) is 13.8 Å². The minimum absolute atomic E-state index is 0.116. The number of benzene rings is 1. The van der Waals surface area contributed by atoms with E-state index < -0.39 is 0 Å². The van der Waals surface area contributed by atoms with E-state index in [9.17, 15) is 0 Å². The maximum atomic E-state index is 7.67. The molecule has 3 N–H and O–H groups in total. The molecule has 0 unspecified atom stereocenters. The first-order valence-electron chi connectivity index (χ1n) is 5.94. The smallest absolute Gasteiger partial charge is 0.230 e. The molecular weight excluding hydrogens is 377 g/mol. The average molecular weight is 389 g/mol. The van der Waals surface area contributed by atoms with Crippen LogP contribution in [-0.4, -0.2) is 10.8 Å². The zero-order valence-electron chi connectivity index (χ0n) is 11.3. The summed E-state index contributed by atoms with van der Waals surface area (Å²) in [6.45, 7) is 3.67. The molecule has 0 atom stereocenters. The Labute approximate surface area is 140 Å². The van der Waals surface area contributed by atoms with E-state index in [1.165, 1.54) is 0 Å². The van der Waals surface area contributed by atoms with Gasteiger partial charge in [-0.1, -0.05) is 23.2 Å². The summed E-state index contributed by atoms with van der Waals surface area (Å²) in [7, 11) is 0. The van der Waals surface area contributed by atoms with Crippen LogP contribution in [0.1, 0.15) is 16.8 Å². The quantitative estimate of drug-likeness (QED) is 0.448. The fraction of sp³-hybridized carbons (Fsp3) is 0.143. The Morgan fingerprint density at radius 2 is 1.90 bits per heavy atom. The molecule has 0 aliphatic carbocycles. The third-order valence-corrected chi connectivity index (χ3v) is 4.25. The molecule has 2 rings (SSSR count). The van der Waals surface area contributed by atoms with Crippen molar-refractivity contribution in [3.05, 3.63) is 49.5 Å². The number of amidine groups is 1. The first-order valence-corrected chi connectivity index (χ1v) is 7.49. The van der Waals surface area contributed by atoms with E-state index in [-0.39, 0.29) is 11.7 Å². The summed E-state index contributed by atoms with van der Waals surface area (Å²) in [6.07, 6.45) is 0. The van der Waals surface area contributed by atoms with Crippen LogP contribution in [0, 0.1) is 19.3 Å². The molecule has 0 saturated carbocycles. The summed E-state index contributed by atoms with van der Waals surface area (Å²) < 4.78 is 6.40. The number of halogens is 3. The van der Waals surface area contributed by atoms with Gasteiger partial charge in [0.1, 0.15) is 11.6 Å². The minimum Gasteiger partial charge on any atom is -0.437 e. The van der Waals surface area contributed by atoms with E-state index in [0.29, 0.717) is 25.8 Å². The van der Waals surface area contributed by atoms with Crippen molar-refractivity contribution in [2.75, 3.05) is 0 Å². The highest BCUT2D eigenvalue weighted by Crippen LogP contribution is 2.37. The lowest BCUT2D eigenvalue weighted by molar-refractivity contribution is 0.460. The van der Waals surface area contributed by atoms with Crippen molar-refractivity contribution in [3.8, 4) is 11.6 Å². The van der Waals surface area contributed by atoms with Crippen LogP contribution in [0.4, 0.5) is 0 Å². The SMILES string of the molecule is Cc1cc(C)c(C(=N)N)c(Oc2cc(Cl)c(Br)cc2Cl)n1. The number of nitrogens with two attached hydrogens (primary N) is 1. The second kappa shape index (κ2) is 6.22. The molecule has 1 aromatic heterocycles. The summed E-state index contributed by atoms with van der Waals surface area (Å²) in [6, 6.07) is 5.05. The van der Waals surface area contributed by atoms with E-state index in [0.717, 1.165) is 11.3 Å². The van der Waals surface area contributed by atoms with Gasteiger partial charge in [0.05, 0.1) is 15.6 Å². The van der Waals surface area contributed by atoms with E-state index >= 15 is 0 Å². The highest BCUT2D eigenvalue weighted by molar-refractivity contribution is 9.10. The molecule has 0 amide bonds. The molecule has 21 heavy (non-hydrogen) atoms. The van der Waals surface area contributed by atoms with Gasteiger partial charge in [0.25, 0.3) is 0 Å². The molecule has 4 nitrogen and oxygen atoms in total. The number of pyridine rings is 1. The summed E-state index contributed by atoms with van der Waals surface area (Å²) >= 11 is 15.5. The van der Waals surface area contributed by atoms with Gasteiger partial charge in [0.2, 0.25) is 5.88 Å². The van der Waals surface area contributed by atoms with Crippen molar-refractivity contribution in [1.82, 2.24) is 4.98 Å². The summed E-state index contributed by atoms with van der Waals surface area (Å²) in [5, 5.41) is 8.51. The Kier molecular flexibility index (Phi) is 4.76. The van der Waals surface area contributed by atoms with Crippen LogP contribution in [-0.2, 0) is 0 Å². The molecule has 0 fully saturated rings. The number of nitrogen functional groups attached to an aromatic ring is 1. The van der Waals surface area contributed by atoms with Crippen molar-refractivity contribution in [3.63, 3.8) is 0 Å². The first-order chi connectivity index (χ1) is 9.79. The van der Waals surface area contributed by atoms with Crippen molar-refractivity contribution in [1.29, 1.82) is 5.41 Å². The molecule has 1 aromatic carbocycles. The molecule has 0 saturated heterocycles. The number of aryl methyl sites for hydroxylation is 2. The number of nitrogens with one attached hydrogen (secondary N) is 1. The summed E-state index contributed by atoms with van der Waals surface area (Å²) in [4.78, 5) is 4.29.